The van der Waals surface area contributed by atoms with Gasteiger partial charge in [0.25, 0.3) is 33.4 Å². The maximum atomic E-state index is 14.2. The third-order valence-corrected chi connectivity index (χ3v) is 19.8. The number of hydrogen-bond acceptors (Lipinski definition) is 17. The molecule has 0 radical (unpaired) electrons. The number of amides is 5. The molecule has 21 nitrogen and oxygen atoms in total. The summed E-state index contributed by atoms with van der Waals surface area (Å²) in [6.45, 7) is 12.4. The van der Waals surface area contributed by atoms with Crippen molar-refractivity contribution in [1.29, 1.82) is 0 Å². The lowest BCUT2D eigenvalue weighted by molar-refractivity contribution is -0.384. The van der Waals surface area contributed by atoms with Crippen molar-refractivity contribution >= 4 is 96.6 Å². The highest BCUT2D eigenvalue weighted by molar-refractivity contribution is 7.99. The van der Waals surface area contributed by atoms with Crippen molar-refractivity contribution in [2.45, 2.75) is 87.5 Å². The Bertz CT molecular complexity index is 3810. The van der Waals surface area contributed by atoms with Gasteiger partial charge in [0, 0.05) is 117 Å². The van der Waals surface area contributed by atoms with Crippen LogP contribution in [0.4, 0.5) is 17.1 Å². The molecule has 6 aromatic rings. The number of aromatic nitrogens is 2. The number of nitrogens with zero attached hydrogens (tertiary/aromatic N) is 6. The number of hydrogen-bond donors (Lipinski definition) is 4. The summed E-state index contributed by atoms with van der Waals surface area (Å²) in [6.07, 6.45) is 9.87. The standard InChI is InChI=1S/C64H71ClN10O11S2/c1-64(2)22-20-44(51(36-64)42-10-12-45(65)13-11-42)40-72-26-28-73(29-27-72)46-14-16-49(55(34-46)86-47-33-43-21-23-66-59(43)68-38-47)60(77)70-88(83,84)48-15-17-52(54(35-48)75(81)82)67-37-41-7-4-24-71(39-41)25-5-30-85-31-6-32-87-56-9-3-8-50-58(56)63(80)74(62(50)79)53-18-19-57(76)69-61(53)78/h3,8-17,21,23,33-35,38,41,53,67H,4-7,18-20,22,24-32,36-37,39-40H2,1-2H3,(H,66,68)(H,70,77)(H,69,76,78). The number of carbonyl (C=O) groups is 5. The largest absolute Gasteiger partial charge is 0.455 e. The Morgan fingerprint density at radius 2 is 1.72 bits per heavy atom. The van der Waals surface area contributed by atoms with Crippen LogP contribution in [0.25, 0.3) is 16.6 Å². The number of pyridine rings is 1. The summed E-state index contributed by atoms with van der Waals surface area (Å²) < 4.78 is 42.5. The maximum absolute atomic E-state index is 14.2. The molecule has 5 amide bonds. The number of fused-ring (bicyclic) bond motifs is 2. The Hall–Kier alpha value is -7.67. The van der Waals surface area contributed by atoms with Crippen LogP contribution in [0.2, 0.25) is 5.02 Å². The van der Waals surface area contributed by atoms with E-state index >= 15 is 0 Å². The predicted octanol–water partition coefficient (Wildman–Crippen LogP) is 9.94. The van der Waals surface area contributed by atoms with E-state index in [4.69, 9.17) is 21.1 Å². The average molecular weight is 1260 g/mol. The number of halogens is 1. The molecule has 4 N–H and O–H groups in total. The highest BCUT2D eigenvalue weighted by Crippen LogP contribution is 2.44. The number of piperazine rings is 1. The van der Waals surface area contributed by atoms with Crippen LogP contribution in [-0.2, 0) is 24.3 Å². The van der Waals surface area contributed by atoms with Crippen molar-refractivity contribution in [3.05, 3.63) is 146 Å². The van der Waals surface area contributed by atoms with Crippen LogP contribution in [0.3, 0.4) is 0 Å². The van der Waals surface area contributed by atoms with Gasteiger partial charge in [0.1, 0.15) is 28.9 Å². The SMILES string of the molecule is CC1(C)CCC(CN2CCN(c3ccc(C(=O)NS(=O)(=O)c4ccc(NCC5CCCN(CCCOCCCSc6cccc7c6C(=O)N(C6CCC(=O)NC6=O)C7=O)C5)c([N+](=O)[O-])c4)c(Oc4cnc5[nH]ccc5c4)c3)CC2)=C(c2ccc(Cl)cc2)C1. The number of nitrogens with one attached hydrogen (secondary N) is 4. The number of H-pyrrole nitrogens is 1. The first-order chi connectivity index (χ1) is 42.4. The molecule has 5 aliphatic rings. The quantitative estimate of drug-likeness (QED) is 0.0153. The molecule has 2 aromatic heterocycles. The highest BCUT2D eigenvalue weighted by Gasteiger charge is 2.46. The van der Waals surface area contributed by atoms with Crippen molar-refractivity contribution < 1.29 is 46.8 Å². The fraction of sp³-hybridized carbons (Fsp3) is 0.406. The van der Waals surface area contributed by atoms with Crippen LogP contribution in [0.1, 0.15) is 108 Å². The number of ether oxygens (including phenoxy) is 2. The van der Waals surface area contributed by atoms with Crippen LogP contribution in [-0.4, -0.2) is 151 Å². The minimum absolute atomic E-state index is 0.0511. The van der Waals surface area contributed by atoms with E-state index in [1.54, 1.807) is 42.6 Å². The van der Waals surface area contributed by atoms with E-state index in [1.807, 2.05) is 18.2 Å². The van der Waals surface area contributed by atoms with Crippen LogP contribution in [0, 0.1) is 21.4 Å². The number of carbonyl (C=O) groups excluding carboxylic acids is 5. The van der Waals surface area contributed by atoms with Gasteiger partial charge in [0.05, 0.1) is 32.7 Å². The van der Waals surface area contributed by atoms with E-state index < -0.39 is 61.1 Å². The third-order valence-electron chi connectivity index (χ3n) is 17.1. The van der Waals surface area contributed by atoms with E-state index in [-0.39, 0.29) is 52.3 Å². The maximum Gasteiger partial charge on any atom is 0.293 e. The minimum Gasteiger partial charge on any atom is -0.455 e. The number of anilines is 2. The van der Waals surface area contributed by atoms with Crippen molar-refractivity contribution in [3.63, 3.8) is 0 Å². The van der Waals surface area contributed by atoms with Gasteiger partial charge in [-0.05, 0) is 141 Å². The smallest absolute Gasteiger partial charge is 0.293 e. The summed E-state index contributed by atoms with van der Waals surface area (Å²) in [5, 5.41) is 19.4. The molecule has 0 spiro atoms. The monoisotopic (exact) mass is 1250 g/mol. The molecule has 3 saturated heterocycles. The van der Waals surface area contributed by atoms with E-state index in [2.05, 4.69) is 66.0 Å². The minimum atomic E-state index is -4.64. The predicted molar refractivity (Wildman–Crippen MR) is 337 cm³/mol. The normalized spacial score (nSPS) is 19.3. The Balaban J connectivity index is 0.665. The lowest BCUT2D eigenvalue weighted by atomic mass is 9.72. The van der Waals surface area contributed by atoms with Gasteiger partial charge in [-0.25, -0.2) is 18.1 Å². The molecular weight excluding hydrogens is 1180 g/mol. The number of rotatable bonds is 23. The fourth-order valence-electron chi connectivity index (χ4n) is 12.4. The van der Waals surface area contributed by atoms with E-state index in [1.165, 1.54) is 52.9 Å². The zero-order valence-corrected chi connectivity index (χ0v) is 51.6. The van der Waals surface area contributed by atoms with E-state index in [0.717, 1.165) is 99.8 Å². The van der Waals surface area contributed by atoms with Gasteiger partial charge in [-0.2, -0.15) is 0 Å². The number of nitro groups is 1. The fourth-order valence-corrected chi connectivity index (χ4v) is 14.5. The first kappa shape index (κ1) is 62.0. The second-order valence-electron chi connectivity index (χ2n) is 23.9. The molecule has 6 heterocycles. The van der Waals surface area contributed by atoms with Gasteiger partial charge in [-0.15, -0.1) is 11.8 Å². The molecule has 88 heavy (non-hydrogen) atoms. The molecule has 24 heteroatoms. The number of thioether (sulfide) groups is 1. The van der Waals surface area contributed by atoms with E-state index in [0.29, 0.717) is 66.3 Å². The van der Waals surface area contributed by atoms with Crippen molar-refractivity contribution in [2.75, 3.05) is 88.1 Å². The zero-order valence-electron chi connectivity index (χ0n) is 49.2. The highest BCUT2D eigenvalue weighted by atomic mass is 35.5. The van der Waals surface area contributed by atoms with Gasteiger partial charge in [0.2, 0.25) is 11.8 Å². The van der Waals surface area contributed by atoms with Crippen molar-refractivity contribution in [2.24, 2.45) is 11.3 Å². The van der Waals surface area contributed by atoms with Gasteiger partial charge < -0.3 is 29.6 Å². The number of imide groups is 2. The number of benzene rings is 4. The van der Waals surface area contributed by atoms with Crippen LogP contribution in [0.15, 0.2) is 119 Å². The number of allylic oxidation sites excluding steroid dienone is 1. The lowest BCUT2D eigenvalue weighted by Gasteiger charge is -2.39. The molecule has 11 rings (SSSR count). The lowest BCUT2D eigenvalue weighted by Crippen LogP contribution is -2.54. The molecule has 4 aliphatic heterocycles. The number of likely N-dealkylation sites (tertiary alicyclic amines) is 1. The summed E-state index contributed by atoms with van der Waals surface area (Å²) in [7, 11) is -4.64. The summed E-state index contributed by atoms with van der Waals surface area (Å²) in [4.78, 5) is 92.6. The van der Waals surface area contributed by atoms with Gasteiger partial charge in [-0.3, -0.25) is 49.2 Å². The van der Waals surface area contributed by atoms with Crippen LogP contribution >= 0.6 is 23.4 Å². The molecule has 4 aromatic carbocycles. The summed E-state index contributed by atoms with van der Waals surface area (Å²) in [6, 6.07) is 24.4. The Kier molecular flexibility index (Phi) is 19.0. The Morgan fingerprint density at radius 1 is 0.909 bits per heavy atom. The summed E-state index contributed by atoms with van der Waals surface area (Å²) in [5.74, 6) is -1.89. The number of piperidine rings is 2. The second kappa shape index (κ2) is 27.0. The first-order valence-electron chi connectivity index (χ1n) is 29.9. The molecular formula is C64H71ClN10O11S2. The van der Waals surface area contributed by atoms with Crippen LogP contribution < -0.4 is 25.0 Å². The molecule has 462 valence electrons. The van der Waals surface area contributed by atoms with Crippen molar-refractivity contribution in [3.8, 4) is 11.5 Å². The second-order valence-corrected chi connectivity index (χ2v) is 27.2. The molecule has 3 fully saturated rings. The van der Waals surface area contributed by atoms with Gasteiger partial charge >= 0.3 is 0 Å². The summed E-state index contributed by atoms with van der Waals surface area (Å²) >= 11 is 7.72. The number of aromatic amines is 1. The zero-order chi connectivity index (χ0) is 61.7. The number of sulfonamides is 1. The van der Waals surface area contributed by atoms with Gasteiger partial charge in [0.15, 0.2) is 0 Å². The Morgan fingerprint density at radius 3 is 2.51 bits per heavy atom. The third kappa shape index (κ3) is 14.4. The van der Waals surface area contributed by atoms with Crippen molar-refractivity contribution in [1.82, 2.24) is 34.7 Å². The molecule has 1 aliphatic carbocycles. The number of nitro benzene ring substituents is 1. The Labute approximate surface area is 520 Å². The van der Waals surface area contributed by atoms with Gasteiger partial charge in [-0.1, -0.05) is 49.2 Å². The molecule has 0 bridgehead atoms. The topological polar surface area (TPSA) is 259 Å². The first-order valence-corrected chi connectivity index (χ1v) is 32.8. The molecule has 2 atom stereocenters. The molecule has 0 saturated carbocycles. The van der Waals surface area contributed by atoms with Crippen LogP contribution in [0.5, 0.6) is 11.5 Å². The van der Waals surface area contributed by atoms with E-state index in [9.17, 15) is 42.5 Å². The average Bonchev–Trinajstić information content (AvgIpc) is 1.68. The molecule has 2 unspecified atom stereocenters. The summed E-state index contributed by atoms with van der Waals surface area (Å²) in [5.41, 5.74) is 5.87.